The van der Waals surface area contributed by atoms with Crippen LogP contribution in [0.3, 0.4) is 0 Å². The summed E-state index contributed by atoms with van der Waals surface area (Å²) in [4.78, 5) is 6.56. The number of nitrogens with zero attached hydrogens (tertiary/aromatic N) is 2. The first-order valence-electron chi connectivity index (χ1n) is 7.09. The fraction of sp³-hybridized carbons (Fsp3) is 0.643. The number of aliphatic imine (C=N–C) groups is 1. The number of hydrogen-bond donors (Lipinski definition) is 3. The Bertz CT molecular complexity index is 416. The van der Waals surface area contributed by atoms with Crippen LogP contribution in [0.4, 0.5) is 0 Å². The topological polar surface area (TPSA) is 79.7 Å². The van der Waals surface area contributed by atoms with E-state index in [0.29, 0.717) is 28.3 Å². The molecule has 0 saturated heterocycles. The molecule has 2 unspecified atom stereocenters. The van der Waals surface area contributed by atoms with Gasteiger partial charge in [-0.3, -0.25) is 4.90 Å². The number of nitrogens with one attached hydrogen (secondary N) is 1. The molecule has 1 aliphatic heterocycles. The zero-order chi connectivity index (χ0) is 15.3. The van der Waals surface area contributed by atoms with Crippen LogP contribution >= 0.6 is 11.6 Å². The highest BCUT2D eigenvalue weighted by molar-refractivity contribution is 6.66. The van der Waals surface area contributed by atoms with Crippen molar-refractivity contribution in [3.63, 3.8) is 0 Å². The van der Waals surface area contributed by atoms with Gasteiger partial charge in [-0.15, -0.1) is 0 Å². The van der Waals surface area contributed by atoms with Gasteiger partial charge in [-0.05, 0) is 12.3 Å². The molecule has 0 aromatic rings. The Hall–Kier alpha value is -1.20. The zero-order valence-electron chi connectivity index (χ0n) is 12.6. The standard InChI is InChI=1S/C14H26ClN5/c1-5-7-20(8-9(3)6-2)14-12(15)18-11(10(4)16)13(17)19-14/h9,14,19H,4-8,16-17H2,1-3H3. The molecule has 1 aliphatic rings. The first-order valence-corrected chi connectivity index (χ1v) is 7.47. The van der Waals surface area contributed by atoms with Crippen molar-refractivity contribution in [1.29, 1.82) is 0 Å². The smallest absolute Gasteiger partial charge is 0.144 e. The van der Waals surface area contributed by atoms with Gasteiger partial charge in [0.15, 0.2) is 0 Å². The van der Waals surface area contributed by atoms with E-state index in [1.165, 1.54) is 0 Å². The van der Waals surface area contributed by atoms with Crippen molar-refractivity contribution in [2.24, 2.45) is 22.4 Å². The highest BCUT2D eigenvalue weighted by Gasteiger charge is 2.28. The molecule has 20 heavy (non-hydrogen) atoms. The van der Waals surface area contributed by atoms with Crippen LogP contribution in [0.15, 0.2) is 28.8 Å². The first-order chi connectivity index (χ1) is 9.40. The predicted octanol–water partition coefficient (Wildman–Crippen LogP) is 1.91. The average Bonchev–Trinajstić information content (AvgIpc) is 2.40. The third kappa shape index (κ3) is 4.15. The molecule has 2 atom stereocenters. The molecule has 5 N–H and O–H groups in total. The van der Waals surface area contributed by atoms with Crippen LogP contribution in [-0.4, -0.2) is 29.3 Å². The van der Waals surface area contributed by atoms with E-state index in [1.54, 1.807) is 0 Å². The Morgan fingerprint density at radius 2 is 2.20 bits per heavy atom. The van der Waals surface area contributed by atoms with Crippen molar-refractivity contribution in [3.8, 4) is 0 Å². The predicted molar refractivity (Wildman–Crippen MR) is 86.1 cm³/mol. The first kappa shape index (κ1) is 16.9. The Morgan fingerprint density at radius 1 is 1.55 bits per heavy atom. The van der Waals surface area contributed by atoms with Crippen molar-refractivity contribution in [1.82, 2.24) is 10.2 Å². The van der Waals surface area contributed by atoms with E-state index < -0.39 is 0 Å². The lowest BCUT2D eigenvalue weighted by atomic mass is 10.1. The Morgan fingerprint density at radius 3 is 2.70 bits per heavy atom. The molecule has 0 radical (unpaired) electrons. The average molecular weight is 300 g/mol. The molecule has 0 spiro atoms. The van der Waals surface area contributed by atoms with Gasteiger partial charge >= 0.3 is 0 Å². The Labute approximate surface area is 126 Å². The van der Waals surface area contributed by atoms with Crippen molar-refractivity contribution in [2.75, 3.05) is 13.1 Å². The van der Waals surface area contributed by atoms with Gasteiger partial charge in [-0.1, -0.05) is 45.4 Å². The molecular formula is C14H26ClN5. The highest BCUT2D eigenvalue weighted by Crippen LogP contribution is 2.19. The van der Waals surface area contributed by atoms with Gasteiger partial charge in [0.25, 0.3) is 0 Å². The zero-order valence-corrected chi connectivity index (χ0v) is 13.4. The summed E-state index contributed by atoms with van der Waals surface area (Å²) in [6, 6.07) is 0. The molecule has 0 bridgehead atoms. The van der Waals surface area contributed by atoms with E-state index in [2.05, 4.69) is 42.6 Å². The second kappa shape index (κ2) is 7.55. The summed E-state index contributed by atoms with van der Waals surface area (Å²) in [7, 11) is 0. The summed E-state index contributed by atoms with van der Waals surface area (Å²) in [5, 5.41) is 3.65. The molecule has 0 aliphatic carbocycles. The third-order valence-electron chi connectivity index (χ3n) is 3.41. The molecule has 0 fully saturated rings. The van der Waals surface area contributed by atoms with Crippen LogP contribution in [-0.2, 0) is 0 Å². The summed E-state index contributed by atoms with van der Waals surface area (Å²) in [5.41, 5.74) is 12.4. The van der Waals surface area contributed by atoms with E-state index in [0.717, 1.165) is 25.9 Å². The number of halogens is 1. The van der Waals surface area contributed by atoms with Gasteiger partial charge in [0.2, 0.25) is 0 Å². The van der Waals surface area contributed by atoms with Gasteiger partial charge in [-0.2, -0.15) is 0 Å². The third-order valence-corrected chi connectivity index (χ3v) is 3.71. The minimum Gasteiger partial charge on any atom is -0.397 e. The van der Waals surface area contributed by atoms with Crippen LogP contribution in [0, 0.1) is 5.92 Å². The minimum absolute atomic E-state index is 0.186. The van der Waals surface area contributed by atoms with Crippen LogP contribution in [0.2, 0.25) is 0 Å². The van der Waals surface area contributed by atoms with E-state index in [9.17, 15) is 0 Å². The van der Waals surface area contributed by atoms with Crippen LogP contribution in [0.5, 0.6) is 0 Å². The maximum absolute atomic E-state index is 6.30. The monoisotopic (exact) mass is 299 g/mol. The van der Waals surface area contributed by atoms with Gasteiger partial charge in [0.05, 0.1) is 5.70 Å². The lowest BCUT2D eigenvalue weighted by molar-refractivity contribution is 0.191. The Kier molecular flexibility index (Phi) is 6.36. The molecule has 114 valence electrons. The molecule has 0 aromatic heterocycles. The largest absolute Gasteiger partial charge is 0.397 e. The summed E-state index contributed by atoms with van der Waals surface area (Å²) < 4.78 is 0. The molecule has 5 nitrogen and oxygen atoms in total. The fourth-order valence-electron chi connectivity index (χ4n) is 2.13. The van der Waals surface area contributed by atoms with Gasteiger partial charge in [0, 0.05) is 13.1 Å². The molecule has 0 amide bonds. The summed E-state index contributed by atoms with van der Waals surface area (Å²) in [5.74, 6) is 1.01. The SMILES string of the molecule is C=C(N)C1=C(N)NC(N(CCC)CC(C)CC)C(Cl)=N1. The van der Waals surface area contributed by atoms with E-state index in [1.807, 2.05) is 0 Å². The number of hydrogen-bond acceptors (Lipinski definition) is 5. The molecule has 6 heteroatoms. The van der Waals surface area contributed by atoms with Gasteiger partial charge in [0.1, 0.15) is 22.9 Å². The maximum atomic E-state index is 6.30. The second-order valence-corrected chi connectivity index (χ2v) is 5.66. The van der Waals surface area contributed by atoms with Crippen molar-refractivity contribution < 1.29 is 0 Å². The van der Waals surface area contributed by atoms with E-state index in [4.69, 9.17) is 23.1 Å². The summed E-state index contributed by atoms with van der Waals surface area (Å²) in [6.07, 6.45) is 1.98. The van der Waals surface area contributed by atoms with Crippen molar-refractivity contribution >= 4 is 16.8 Å². The van der Waals surface area contributed by atoms with Crippen LogP contribution in [0.1, 0.15) is 33.6 Å². The van der Waals surface area contributed by atoms with Crippen molar-refractivity contribution in [2.45, 2.75) is 39.8 Å². The molecule has 1 rings (SSSR count). The highest BCUT2D eigenvalue weighted by atomic mass is 35.5. The summed E-state index contributed by atoms with van der Waals surface area (Å²) in [6.45, 7) is 12.1. The Balaban J connectivity index is 2.90. The molecule has 0 aromatic carbocycles. The molecular weight excluding hydrogens is 274 g/mol. The lowest BCUT2D eigenvalue weighted by Crippen LogP contribution is -2.53. The van der Waals surface area contributed by atoms with Crippen molar-refractivity contribution in [3.05, 3.63) is 23.8 Å². The summed E-state index contributed by atoms with van der Waals surface area (Å²) >= 11 is 6.30. The normalized spacial score (nSPS) is 20.6. The van der Waals surface area contributed by atoms with Crippen LogP contribution in [0.25, 0.3) is 0 Å². The number of rotatable bonds is 7. The quantitative estimate of drug-likeness (QED) is 0.671. The minimum atomic E-state index is -0.186. The van der Waals surface area contributed by atoms with Gasteiger partial charge in [-0.25, -0.2) is 4.99 Å². The number of nitrogens with two attached hydrogens (primary N) is 2. The van der Waals surface area contributed by atoms with E-state index in [-0.39, 0.29) is 6.17 Å². The van der Waals surface area contributed by atoms with Crippen LogP contribution < -0.4 is 16.8 Å². The van der Waals surface area contributed by atoms with E-state index >= 15 is 0 Å². The maximum Gasteiger partial charge on any atom is 0.144 e. The van der Waals surface area contributed by atoms with Gasteiger partial charge < -0.3 is 16.8 Å². The lowest BCUT2D eigenvalue weighted by Gasteiger charge is -2.35. The molecule has 1 heterocycles. The second-order valence-electron chi connectivity index (χ2n) is 5.28. The molecule has 0 saturated carbocycles. The fourth-order valence-corrected chi connectivity index (χ4v) is 2.41.